The minimum absolute atomic E-state index is 0.368. The maximum Gasteiger partial charge on any atom is 0.0470 e. The van der Waals surface area contributed by atoms with Crippen LogP contribution >= 0.6 is 34.8 Å². The van der Waals surface area contributed by atoms with Crippen LogP contribution in [0.25, 0.3) is 0 Å². The highest BCUT2D eigenvalue weighted by Gasteiger charge is 2.19. The van der Waals surface area contributed by atoms with E-state index in [0.29, 0.717) is 17.8 Å². The maximum absolute atomic E-state index is 6.92. The van der Waals surface area contributed by atoms with Crippen molar-refractivity contribution < 1.29 is 0 Å². The first-order valence-corrected chi connectivity index (χ1v) is 13.0. The molecule has 0 nitrogen and oxygen atoms in total. The zero-order valence-corrected chi connectivity index (χ0v) is 23.1. The van der Waals surface area contributed by atoms with E-state index in [-0.39, 0.29) is 0 Å². The summed E-state index contributed by atoms with van der Waals surface area (Å²) in [6, 6.07) is 14.9. The standard InChI is InChI=1S/C30H35Cl3/c1-17(2)29-21(6)23(9-13-28(29)32)14-19(4)27-11-8-24(30(33)22(27)7)15-18(3)26-12-10-25(31)16-20(26)5/h8-13,16-19H,14-15H2,1-7H3. The Balaban J connectivity index is 1.83. The van der Waals surface area contributed by atoms with Crippen molar-refractivity contribution in [2.75, 3.05) is 0 Å². The largest absolute Gasteiger partial charge is 0.0843 e. The minimum atomic E-state index is 0.368. The quantitative estimate of drug-likeness (QED) is 0.302. The molecule has 0 saturated heterocycles. The zero-order chi connectivity index (χ0) is 24.4. The first-order chi connectivity index (χ1) is 15.5. The lowest BCUT2D eigenvalue weighted by Gasteiger charge is -2.22. The number of halogens is 3. The van der Waals surface area contributed by atoms with Gasteiger partial charge in [0.05, 0.1) is 0 Å². The lowest BCUT2D eigenvalue weighted by atomic mass is 9.85. The van der Waals surface area contributed by atoms with E-state index in [1.807, 2.05) is 12.1 Å². The fourth-order valence-corrected chi connectivity index (χ4v) is 6.09. The van der Waals surface area contributed by atoms with Crippen LogP contribution in [0.3, 0.4) is 0 Å². The molecule has 0 aliphatic carbocycles. The summed E-state index contributed by atoms with van der Waals surface area (Å²) in [5, 5.41) is 2.55. The molecular formula is C30H35Cl3. The molecule has 0 aromatic heterocycles. The Bertz CT molecular complexity index is 1140. The van der Waals surface area contributed by atoms with Gasteiger partial charge in [-0.3, -0.25) is 0 Å². The Morgan fingerprint density at radius 2 is 1.24 bits per heavy atom. The van der Waals surface area contributed by atoms with Crippen LogP contribution in [0.1, 0.15) is 90.0 Å². The average Bonchev–Trinajstić information content (AvgIpc) is 2.73. The van der Waals surface area contributed by atoms with Crippen LogP contribution in [0.5, 0.6) is 0 Å². The Labute approximate surface area is 215 Å². The van der Waals surface area contributed by atoms with Gasteiger partial charge in [0, 0.05) is 15.1 Å². The monoisotopic (exact) mass is 500 g/mol. The summed E-state index contributed by atoms with van der Waals surface area (Å²) < 4.78 is 0. The molecule has 0 aliphatic rings. The highest BCUT2D eigenvalue weighted by atomic mass is 35.5. The summed E-state index contributed by atoms with van der Waals surface area (Å²) in [5.41, 5.74) is 10.2. The van der Waals surface area contributed by atoms with Gasteiger partial charge in [0.25, 0.3) is 0 Å². The minimum Gasteiger partial charge on any atom is -0.0843 e. The van der Waals surface area contributed by atoms with Crippen molar-refractivity contribution in [3.63, 3.8) is 0 Å². The average molecular weight is 502 g/mol. The third kappa shape index (κ3) is 5.79. The van der Waals surface area contributed by atoms with E-state index in [0.717, 1.165) is 27.9 Å². The van der Waals surface area contributed by atoms with Crippen molar-refractivity contribution in [2.45, 2.75) is 79.1 Å². The van der Waals surface area contributed by atoms with Crippen LogP contribution in [-0.4, -0.2) is 0 Å². The highest BCUT2D eigenvalue weighted by Crippen LogP contribution is 2.36. The van der Waals surface area contributed by atoms with Gasteiger partial charge in [0.1, 0.15) is 0 Å². The van der Waals surface area contributed by atoms with Crippen molar-refractivity contribution in [2.24, 2.45) is 0 Å². The maximum atomic E-state index is 6.92. The molecule has 176 valence electrons. The second-order valence-electron chi connectivity index (χ2n) is 9.86. The molecule has 0 amide bonds. The second kappa shape index (κ2) is 10.9. The third-order valence-electron chi connectivity index (χ3n) is 7.01. The molecule has 3 heteroatoms. The molecular weight excluding hydrogens is 467 g/mol. The normalized spacial score (nSPS) is 13.4. The topological polar surface area (TPSA) is 0 Å². The number of aryl methyl sites for hydroxylation is 1. The summed E-state index contributed by atoms with van der Waals surface area (Å²) in [6.07, 6.45) is 1.88. The zero-order valence-electron chi connectivity index (χ0n) is 20.8. The molecule has 0 bridgehead atoms. The van der Waals surface area contributed by atoms with Gasteiger partial charge in [-0.25, -0.2) is 0 Å². The van der Waals surface area contributed by atoms with Crippen LogP contribution in [0.4, 0.5) is 0 Å². The molecule has 2 atom stereocenters. The van der Waals surface area contributed by atoms with Crippen LogP contribution in [-0.2, 0) is 12.8 Å². The molecule has 0 radical (unpaired) electrons. The van der Waals surface area contributed by atoms with Crippen molar-refractivity contribution in [1.82, 2.24) is 0 Å². The fourth-order valence-electron chi connectivity index (χ4n) is 5.19. The molecule has 3 aromatic rings. The molecule has 0 heterocycles. The van der Waals surface area contributed by atoms with Gasteiger partial charge in [0.15, 0.2) is 0 Å². The van der Waals surface area contributed by atoms with Gasteiger partial charge >= 0.3 is 0 Å². The molecule has 2 unspecified atom stereocenters. The highest BCUT2D eigenvalue weighted by molar-refractivity contribution is 6.32. The summed E-state index contributed by atoms with van der Waals surface area (Å²) in [4.78, 5) is 0. The Morgan fingerprint density at radius 1 is 0.667 bits per heavy atom. The Morgan fingerprint density at radius 3 is 1.88 bits per heavy atom. The van der Waals surface area contributed by atoms with E-state index in [1.54, 1.807) is 0 Å². The molecule has 33 heavy (non-hydrogen) atoms. The van der Waals surface area contributed by atoms with E-state index < -0.39 is 0 Å². The van der Waals surface area contributed by atoms with Gasteiger partial charge in [0.2, 0.25) is 0 Å². The van der Waals surface area contributed by atoms with Crippen molar-refractivity contribution in [3.05, 3.63) is 102 Å². The van der Waals surface area contributed by atoms with E-state index >= 15 is 0 Å². The van der Waals surface area contributed by atoms with Gasteiger partial charge in [-0.15, -0.1) is 0 Å². The van der Waals surface area contributed by atoms with Gasteiger partial charge < -0.3 is 0 Å². The fraction of sp³-hybridized carbons (Fsp3) is 0.400. The molecule has 0 aliphatic heterocycles. The van der Waals surface area contributed by atoms with Crippen LogP contribution in [0.15, 0.2) is 42.5 Å². The lowest BCUT2D eigenvalue weighted by molar-refractivity contribution is 0.735. The molecule has 0 N–H and O–H groups in total. The molecule has 0 fully saturated rings. The van der Waals surface area contributed by atoms with E-state index in [9.17, 15) is 0 Å². The first kappa shape index (κ1) is 26.1. The van der Waals surface area contributed by atoms with Gasteiger partial charge in [-0.2, -0.15) is 0 Å². The third-order valence-corrected chi connectivity index (χ3v) is 8.10. The molecule has 3 aromatic carbocycles. The predicted octanol–water partition coefficient (Wildman–Crippen LogP) is 10.4. The summed E-state index contributed by atoms with van der Waals surface area (Å²) in [5.74, 6) is 1.15. The van der Waals surface area contributed by atoms with E-state index in [1.165, 1.54) is 44.5 Å². The Hall–Kier alpha value is -1.47. The summed E-state index contributed by atoms with van der Waals surface area (Å²) in [6.45, 7) is 15.4. The van der Waals surface area contributed by atoms with Gasteiger partial charge in [-0.05, 0) is 114 Å². The van der Waals surface area contributed by atoms with E-state index in [2.05, 4.69) is 78.8 Å². The van der Waals surface area contributed by atoms with Crippen molar-refractivity contribution >= 4 is 34.8 Å². The SMILES string of the molecule is Cc1cc(Cl)ccc1C(C)Cc1ccc(C(C)Cc2ccc(Cl)c(C(C)C)c2C)c(C)c1Cl. The number of hydrogen-bond donors (Lipinski definition) is 0. The Kier molecular flexibility index (Phi) is 8.60. The van der Waals surface area contributed by atoms with Gasteiger partial charge in [-0.1, -0.05) is 86.8 Å². The molecule has 0 spiro atoms. The predicted molar refractivity (Wildman–Crippen MR) is 147 cm³/mol. The number of hydrogen-bond acceptors (Lipinski definition) is 0. The van der Waals surface area contributed by atoms with Crippen LogP contribution < -0.4 is 0 Å². The number of benzene rings is 3. The summed E-state index contributed by atoms with van der Waals surface area (Å²) in [7, 11) is 0. The van der Waals surface area contributed by atoms with Crippen LogP contribution in [0.2, 0.25) is 15.1 Å². The summed E-state index contributed by atoms with van der Waals surface area (Å²) >= 11 is 19.6. The second-order valence-corrected chi connectivity index (χ2v) is 11.1. The van der Waals surface area contributed by atoms with Crippen LogP contribution in [0, 0.1) is 20.8 Å². The first-order valence-electron chi connectivity index (χ1n) is 11.8. The smallest absolute Gasteiger partial charge is 0.0470 e. The lowest BCUT2D eigenvalue weighted by Crippen LogP contribution is -2.07. The number of rotatable bonds is 7. The van der Waals surface area contributed by atoms with Crippen molar-refractivity contribution in [1.29, 1.82) is 0 Å². The van der Waals surface area contributed by atoms with E-state index in [4.69, 9.17) is 34.8 Å². The molecule has 3 rings (SSSR count). The van der Waals surface area contributed by atoms with Crippen molar-refractivity contribution in [3.8, 4) is 0 Å². The molecule has 0 saturated carbocycles.